The summed E-state index contributed by atoms with van der Waals surface area (Å²) in [7, 11) is 0. The van der Waals surface area contributed by atoms with Gasteiger partial charge in [0.15, 0.2) is 0 Å². The van der Waals surface area contributed by atoms with Gasteiger partial charge in [0.05, 0.1) is 6.10 Å². The van der Waals surface area contributed by atoms with Gasteiger partial charge in [-0.2, -0.15) is 0 Å². The standard InChI is InChI=1S/C13H27NO/c14-11-13(15)12-9-7-5-3-1-2-4-6-8-10-12/h12-13,15H,1-11,14H2. The Labute approximate surface area is 94.2 Å². The van der Waals surface area contributed by atoms with Crippen molar-refractivity contribution in [2.75, 3.05) is 6.54 Å². The topological polar surface area (TPSA) is 46.2 Å². The van der Waals surface area contributed by atoms with Crippen molar-refractivity contribution in [3.05, 3.63) is 0 Å². The summed E-state index contributed by atoms with van der Waals surface area (Å²) in [5.74, 6) is 0.466. The SMILES string of the molecule is NCC(O)C1CCCCCCCCCC1. The number of nitrogens with two attached hydrogens (primary N) is 1. The Morgan fingerprint density at radius 1 is 0.867 bits per heavy atom. The number of hydrogen-bond donors (Lipinski definition) is 2. The molecule has 0 aromatic rings. The summed E-state index contributed by atoms with van der Waals surface area (Å²) in [6.45, 7) is 0.435. The smallest absolute Gasteiger partial charge is 0.0690 e. The Bertz CT molecular complexity index is 137. The number of aliphatic hydroxyl groups excluding tert-OH is 1. The average Bonchev–Trinajstić information content (AvgIpc) is 2.32. The molecule has 2 nitrogen and oxygen atoms in total. The first-order valence-corrected chi connectivity index (χ1v) is 6.72. The van der Waals surface area contributed by atoms with Gasteiger partial charge < -0.3 is 10.8 Å². The molecule has 15 heavy (non-hydrogen) atoms. The van der Waals surface area contributed by atoms with E-state index in [9.17, 15) is 5.11 Å². The summed E-state index contributed by atoms with van der Waals surface area (Å²) in [6, 6.07) is 0. The molecular weight excluding hydrogens is 186 g/mol. The lowest BCUT2D eigenvalue weighted by molar-refractivity contribution is 0.101. The lowest BCUT2D eigenvalue weighted by atomic mass is 9.90. The second-order valence-electron chi connectivity index (χ2n) is 4.97. The van der Waals surface area contributed by atoms with Crippen LogP contribution in [0.15, 0.2) is 0 Å². The zero-order valence-electron chi connectivity index (χ0n) is 9.96. The molecule has 90 valence electrons. The van der Waals surface area contributed by atoms with Gasteiger partial charge in [-0.05, 0) is 18.8 Å². The molecule has 1 fully saturated rings. The summed E-state index contributed by atoms with van der Waals surface area (Å²) in [4.78, 5) is 0. The van der Waals surface area contributed by atoms with E-state index in [0.717, 1.165) is 0 Å². The predicted octanol–water partition coefficient (Wildman–Crippen LogP) is 2.84. The van der Waals surface area contributed by atoms with Crippen LogP contribution in [0.5, 0.6) is 0 Å². The molecule has 1 rings (SSSR count). The van der Waals surface area contributed by atoms with Crippen LogP contribution in [0.2, 0.25) is 0 Å². The summed E-state index contributed by atoms with van der Waals surface area (Å²) in [6.07, 6.45) is 12.9. The largest absolute Gasteiger partial charge is 0.392 e. The predicted molar refractivity (Wildman–Crippen MR) is 64.7 cm³/mol. The minimum absolute atomic E-state index is 0.259. The van der Waals surface area contributed by atoms with E-state index < -0.39 is 0 Å². The first kappa shape index (κ1) is 13.0. The molecule has 0 aliphatic heterocycles. The van der Waals surface area contributed by atoms with E-state index in [4.69, 9.17) is 5.73 Å². The number of aliphatic hydroxyl groups is 1. The van der Waals surface area contributed by atoms with Crippen molar-refractivity contribution >= 4 is 0 Å². The van der Waals surface area contributed by atoms with E-state index in [-0.39, 0.29) is 6.10 Å². The van der Waals surface area contributed by atoms with E-state index >= 15 is 0 Å². The molecule has 1 saturated carbocycles. The fourth-order valence-corrected chi connectivity index (χ4v) is 2.60. The van der Waals surface area contributed by atoms with Gasteiger partial charge in [-0.3, -0.25) is 0 Å². The lowest BCUT2D eigenvalue weighted by Crippen LogP contribution is -2.29. The molecule has 0 heterocycles. The Hall–Kier alpha value is -0.0800. The highest BCUT2D eigenvalue weighted by Gasteiger charge is 2.17. The van der Waals surface area contributed by atoms with E-state index in [1.165, 1.54) is 64.2 Å². The summed E-state index contributed by atoms with van der Waals surface area (Å²) >= 11 is 0. The molecule has 0 aromatic heterocycles. The van der Waals surface area contributed by atoms with Crippen LogP contribution in [0.25, 0.3) is 0 Å². The second kappa shape index (κ2) is 8.12. The zero-order chi connectivity index (χ0) is 10.9. The quantitative estimate of drug-likeness (QED) is 0.741. The van der Waals surface area contributed by atoms with Crippen molar-refractivity contribution in [3.63, 3.8) is 0 Å². The maximum atomic E-state index is 9.81. The van der Waals surface area contributed by atoms with Crippen LogP contribution in [0.3, 0.4) is 0 Å². The molecule has 1 unspecified atom stereocenters. The van der Waals surface area contributed by atoms with Crippen molar-refractivity contribution in [1.82, 2.24) is 0 Å². The van der Waals surface area contributed by atoms with E-state index in [1.54, 1.807) is 0 Å². The molecule has 0 amide bonds. The first-order chi connectivity index (χ1) is 7.34. The molecule has 2 heteroatoms. The van der Waals surface area contributed by atoms with Gasteiger partial charge in [-0.1, -0.05) is 51.4 Å². The van der Waals surface area contributed by atoms with Crippen LogP contribution >= 0.6 is 0 Å². The van der Waals surface area contributed by atoms with Gasteiger partial charge in [0.1, 0.15) is 0 Å². The Morgan fingerprint density at radius 3 is 1.67 bits per heavy atom. The number of hydrogen-bond acceptors (Lipinski definition) is 2. The second-order valence-corrected chi connectivity index (χ2v) is 4.97. The first-order valence-electron chi connectivity index (χ1n) is 6.72. The molecule has 1 aliphatic rings. The van der Waals surface area contributed by atoms with Crippen LogP contribution in [0, 0.1) is 5.92 Å². The van der Waals surface area contributed by atoms with Crippen LogP contribution < -0.4 is 5.73 Å². The monoisotopic (exact) mass is 213 g/mol. The molecule has 1 atom stereocenters. The highest BCUT2D eigenvalue weighted by atomic mass is 16.3. The van der Waals surface area contributed by atoms with E-state index in [2.05, 4.69) is 0 Å². The van der Waals surface area contributed by atoms with Gasteiger partial charge in [-0.15, -0.1) is 0 Å². The Balaban J connectivity index is 2.31. The van der Waals surface area contributed by atoms with Crippen molar-refractivity contribution in [1.29, 1.82) is 0 Å². The highest BCUT2D eigenvalue weighted by molar-refractivity contribution is 4.70. The normalized spacial score (nSPS) is 24.4. The third-order valence-electron chi connectivity index (χ3n) is 3.69. The van der Waals surface area contributed by atoms with Crippen LogP contribution in [-0.4, -0.2) is 17.8 Å². The minimum atomic E-state index is -0.259. The highest BCUT2D eigenvalue weighted by Crippen LogP contribution is 2.23. The third-order valence-corrected chi connectivity index (χ3v) is 3.69. The molecule has 0 bridgehead atoms. The lowest BCUT2D eigenvalue weighted by Gasteiger charge is -2.21. The van der Waals surface area contributed by atoms with Gasteiger partial charge in [0.2, 0.25) is 0 Å². The van der Waals surface area contributed by atoms with Crippen molar-refractivity contribution in [2.24, 2.45) is 11.7 Å². The van der Waals surface area contributed by atoms with Gasteiger partial charge >= 0.3 is 0 Å². The molecule has 0 radical (unpaired) electrons. The molecule has 1 aliphatic carbocycles. The van der Waals surface area contributed by atoms with Gasteiger partial charge in [0.25, 0.3) is 0 Å². The van der Waals surface area contributed by atoms with Crippen molar-refractivity contribution in [2.45, 2.75) is 70.3 Å². The van der Waals surface area contributed by atoms with Crippen LogP contribution in [0.4, 0.5) is 0 Å². The fourth-order valence-electron chi connectivity index (χ4n) is 2.60. The number of rotatable bonds is 2. The Kier molecular flexibility index (Phi) is 7.03. The minimum Gasteiger partial charge on any atom is -0.392 e. The Morgan fingerprint density at radius 2 is 1.27 bits per heavy atom. The summed E-state index contributed by atoms with van der Waals surface area (Å²) < 4.78 is 0. The zero-order valence-corrected chi connectivity index (χ0v) is 9.96. The fraction of sp³-hybridized carbons (Fsp3) is 1.00. The molecule has 0 aromatic carbocycles. The van der Waals surface area contributed by atoms with Crippen molar-refractivity contribution in [3.8, 4) is 0 Å². The maximum Gasteiger partial charge on any atom is 0.0690 e. The summed E-state index contributed by atoms with van der Waals surface area (Å²) in [5, 5.41) is 9.81. The van der Waals surface area contributed by atoms with Gasteiger partial charge in [0, 0.05) is 6.54 Å². The van der Waals surface area contributed by atoms with Gasteiger partial charge in [-0.25, -0.2) is 0 Å². The molecule has 0 saturated heterocycles. The molecular formula is C13H27NO. The average molecular weight is 213 g/mol. The van der Waals surface area contributed by atoms with Crippen molar-refractivity contribution < 1.29 is 5.11 Å². The molecule has 0 spiro atoms. The summed E-state index contributed by atoms with van der Waals surface area (Å²) in [5.41, 5.74) is 5.54. The maximum absolute atomic E-state index is 9.81. The van der Waals surface area contributed by atoms with E-state index in [0.29, 0.717) is 12.5 Å². The van der Waals surface area contributed by atoms with Crippen LogP contribution in [-0.2, 0) is 0 Å². The molecule has 3 N–H and O–H groups in total. The van der Waals surface area contributed by atoms with Crippen LogP contribution in [0.1, 0.15) is 64.2 Å². The van der Waals surface area contributed by atoms with E-state index in [1.807, 2.05) is 0 Å². The third kappa shape index (κ3) is 5.53.